The molecule has 0 saturated carbocycles. The Morgan fingerprint density at radius 2 is 2.14 bits per heavy atom. The number of rotatable bonds is 7. The van der Waals surface area contributed by atoms with Crippen molar-refractivity contribution in [3.63, 3.8) is 0 Å². The molecule has 0 aromatic carbocycles. The molecule has 5 heteroatoms. The summed E-state index contributed by atoms with van der Waals surface area (Å²) in [7, 11) is 5.76. The van der Waals surface area contributed by atoms with Gasteiger partial charge in [-0.2, -0.15) is 0 Å². The molecule has 0 bridgehead atoms. The van der Waals surface area contributed by atoms with Crippen molar-refractivity contribution in [3.8, 4) is 0 Å². The number of hydrogen-bond donors (Lipinski definition) is 1. The van der Waals surface area contributed by atoms with E-state index in [1.165, 1.54) is 20.0 Å². The van der Waals surface area contributed by atoms with Crippen molar-refractivity contribution in [2.45, 2.75) is 57.7 Å². The second-order valence-corrected chi connectivity index (χ2v) is 6.93. The van der Waals surface area contributed by atoms with Gasteiger partial charge >= 0.3 is 5.97 Å². The molecule has 5 nitrogen and oxygen atoms in total. The Hall–Kier alpha value is -0.650. The van der Waals surface area contributed by atoms with E-state index in [0.717, 1.165) is 26.1 Å². The van der Waals surface area contributed by atoms with Crippen molar-refractivity contribution in [3.05, 3.63) is 0 Å². The molecule has 124 valence electrons. The molecule has 0 aliphatic carbocycles. The molecule has 1 N–H and O–H groups in total. The Morgan fingerprint density at radius 3 is 2.67 bits per heavy atom. The van der Waals surface area contributed by atoms with Crippen molar-refractivity contribution in [2.75, 3.05) is 40.8 Å². The number of hydrogen-bond acceptors (Lipinski definition) is 5. The smallest absolute Gasteiger partial charge is 0.325 e. The van der Waals surface area contributed by atoms with Crippen LogP contribution in [0, 0.1) is 0 Å². The second-order valence-electron chi connectivity index (χ2n) is 6.93. The zero-order valence-electron chi connectivity index (χ0n) is 14.6. The average Bonchev–Trinajstić information content (AvgIpc) is 2.43. The molecule has 0 aromatic heterocycles. The number of likely N-dealkylation sites (tertiary alicyclic amines) is 1. The number of carbonyl (C=O) groups excluding carboxylic acids is 1. The summed E-state index contributed by atoms with van der Waals surface area (Å²) in [6.07, 6.45) is 3.27. The molecule has 0 aromatic rings. The quantitative estimate of drug-likeness (QED) is 0.719. The lowest BCUT2D eigenvalue weighted by Gasteiger charge is -2.38. The number of nitrogens with zero attached hydrogens (tertiary/aromatic N) is 2. The largest absolute Gasteiger partial charge is 0.468 e. The van der Waals surface area contributed by atoms with E-state index < -0.39 is 5.54 Å². The fourth-order valence-electron chi connectivity index (χ4n) is 3.13. The van der Waals surface area contributed by atoms with Gasteiger partial charge in [-0.05, 0) is 60.7 Å². The first-order chi connectivity index (χ1) is 9.78. The third kappa shape index (κ3) is 5.57. The first kappa shape index (κ1) is 18.4. The van der Waals surface area contributed by atoms with E-state index in [2.05, 4.69) is 43.1 Å². The molecule has 1 fully saturated rings. The maximum absolute atomic E-state index is 12.1. The Balaban J connectivity index is 2.58. The second kappa shape index (κ2) is 8.11. The van der Waals surface area contributed by atoms with Crippen LogP contribution >= 0.6 is 0 Å². The van der Waals surface area contributed by atoms with Gasteiger partial charge in [0.2, 0.25) is 0 Å². The van der Waals surface area contributed by atoms with E-state index in [9.17, 15) is 4.79 Å². The zero-order chi connectivity index (χ0) is 16.0. The van der Waals surface area contributed by atoms with Gasteiger partial charge in [0.25, 0.3) is 0 Å². The van der Waals surface area contributed by atoms with Crippen molar-refractivity contribution >= 4 is 5.97 Å². The summed E-state index contributed by atoms with van der Waals surface area (Å²) in [4.78, 5) is 16.9. The van der Waals surface area contributed by atoms with Crippen molar-refractivity contribution in [1.29, 1.82) is 0 Å². The van der Waals surface area contributed by atoms with Gasteiger partial charge in [0.15, 0.2) is 0 Å². The van der Waals surface area contributed by atoms with E-state index in [-0.39, 0.29) is 12.0 Å². The highest BCUT2D eigenvalue weighted by molar-refractivity contribution is 5.80. The molecule has 0 spiro atoms. The molecule has 1 rings (SSSR count). The number of ether oxygens (including phenoxy) is 1. The Labute approximate surface area is 130 Å². The lowest BCUT2D eigenvalue weighted by molar-refractivity contribution is -0.148. The average molecular weight is 299 g/mol. The maximum atomic E-state index is 12.1. The highest BCUT2D eigenvalue weighted by Crippen LogP contribution is 2.18. The molecular formula is C16H33N3O2. The maximum Gasteiger partial charge on any atom is 0.325 e. The number of carbonyl (C=O) groups is 1. The Morgan fingerprint density at radius 1 is 1.48 bits per heavy atom. The van der Waals surface area contributed by atoms with Gasteiger partial charge in [0, 0.05) is 25.2 Å². The standard InChI is InChI=1S/C16H33N3O2/c1-13(2)17-16(3,15(20)21-6)9-11-19-10-7-8-14(12-19)18(4)5/h13-14,17H,7-12H2,1-6H3. The van der Waals surface area contributed by atoms with E-state index in [4.69, 9.17) is 4.74 Å². The van der Waals surface area contributed by atoms with Crippen LogP contribution in [0.15, 0.2) is 0 Å². The highest BCUT2D eigenvalue weighted by Gasteiger charge is 2.35. The van der Waals surface area contributed by atoms with E-state index in [1.54, 1.807) is 0 Å². The van der Waals surface area contributed by atoms with E-state index in [0.29, 0.717) is 6.04 Å². The summed E-state index contributed by atoms with van der Waals surface area (Å²) in [5, 5.41) is 3.37. The predicted molar refractivity (Wildman–Crippen MR) is 86.5 cm³/mol. The fraction of sp³-hybridized carbons (Fsp3) is 0.938. The van der Waals surface area contributed by atoms with Gasteiger partial charge in [0.1, 0.15) is 5.54 Å². The summed E-state index contributed by atoms with van der Waals surface area (Å²) in [6, 6.07) is 0.881. The van der Waals surface area contributed by atoms with Crippen LogP contribution in [-0.4, -0.2) is 74.2 Å². The van der Waals surface area contributed by atoms with Crippen LogP contribution in [-0.2, 0) is 9.53 Å². The van der Waals surface area contributed by atoms with Crippen LogP contribution < -0.4 is 5.32 Å². The van der Waals surface area contributed by atoms with E-state index in [1.807, 2.05) is 6.92 Å². The minimum Gasteiger partial charge on any atom is -0.468 e. The van der Waals surface area contributed by atoms with Crippen LogP contribution in [0.1, 0.15) is 40.0 Å². The third-order valence-corrected chi connectivity index (χ3v) is 4.38. The number of piperidine rings is 1. The molecule has 1 saturated heterocycles. The Bertz CT molecular complexity index is 333. The van der Waals surface area contributed by atoms with Crippen molar-refractivity contribution < 1.29 is 9.53 Å². The van der Waals surface area contributed by atoms with Gasteiger partial charge < -0.3 is 14.5 Å². The van der Waals surface area contributed by atoms with Crippen LogP contribution in [0.25, 0.3) is 0 Å². The first-order valence-corrected chi connectivity index (χ1v) is 8.03. The molecule has 0 radical (unpaired) electrons. The molecule has 2 atom stereocenters. The summed E-state index contributed by atoms with van der Waals surface area (Å²) in [5.74, 6) is -0.169. The predicted octanol–water partition coefficient (Wildman–Crippen LogP) is 1.33. The molecule has 0 amide bonds. The number of esters is 1. The molecular weight excluding hydrogens is 266 g/mol. The highest BCUT2D eigenvalue weighted by atomic mass is 16.5. The summed E-state index contributed by atoms with van der Waals surface area (Å²) < 4.78 is 4.99. The van der Waals surface area contributed by atoms with Gasteiger partial charge in [-0.1, -0.05) is 0 Å². The molecule has 1 aliphatic rings. The first-order valence-electron chi connectivity index (χ1n) is 8.03. The summed E-state index contributed by atoms with van der Waals surface area (Å²) >= 11 is 0. The van der Waals surface area contributed by atoms with Crippen molar-refractivity contribution in [2.24, 2.45) is 0 Å². The lowest BCUT2D eigenvalue weighted by Crippen LogP contribution is -2.55. The minimum absolute atomic E-state index is 0.169. The topological polar surface area (TPSA) is 44.8 Å². The minimum atomic E-state index is -0.603. The third-order valence-electron chi connectivity index (χ3n) is 4.38. The van der Waals surface area contributed by atoms with Gasteiger partial charge in [0.05, 0.1) is 7.11 Å². The number of likely N-dealkylation sites (N-methyl/N-ethyl adjacent to an activating group) is 1. The normalized spacial score (nSPS) is 23.3. The van der Waals surface area contributed by atoms with Gasteiger partial charge in [-0.3, -0.25) is 10.1 Å². The monoisotopic (exact) mass is 299 g/mol. The summed E-state index contributed by atoms with van der Waals surface area (Å²) in [6.45, 7) is 9.21. The number of methoxy groups -OCH3 is 1. The van der Waals surface area contributed by atoms with Crippen LogP contribution in [0.3, 0.4) is 0 Å². The van der Waals surface area contributed by atoms with E-state index >= 15 is 0 Å². The van der Waals surface area contributed by atoms with Crippen LogP contribution in [0.5, 0.6) is 0 Å². The van der Waals surface area contributed by atoms with Gasteiger partial charge in [-0.15, -0.1) is 0 Å². The van der Waals surface area contributed by atoms with Gasteiger partial charge in [-0.25, -0.2) is 0 Å². The van der Waals surface area contributed by atoms with Crippen LogP contribution in [0.4, 0.5) is 0 Å². The molecule has 2 unspecified atom stereocenters. The molecule has 1 aliphatic heterocycles. The fourth-order valence-corrected chi connectivity index (χ4v) is 3.13. The van der Waals surface area contributed by atoms with Crippen LogP contribution in [0.2, 0.25) is 0 Å². The zero-order valence-corrected chi connectivity index (χ0v) is 14.6. The Kier molecular flexibility index (Phi) is 7.10. The SMILES string of the molecule is COC(=O)C(C)(CCN1CCCC(N(C)C)C1)NC(C)C. The molecule has 21 heavy (non-hydrogen) atoms. The number of nitrogens with one attached hydrogen (secondary N) is 1. The van der Waals surface area contributed by atoms with Crippen molar-refractivity contribution in [1.82, 2.24) is 15.1 Å². The summed E-state index contributed by atoms with van der Waals surface area (Å²) in [5.41, 5.74) is -0.603. The lowest BCUT2D eigenvalue weighted by atomic mass is 9.95. The molecule has 1 heterocycles.